The van der Waals surface area contributed by atoms with Crippen molar-refractivity contribution in [3.8, 4) is 22.8 Å². The van der Waals surface area contributed by atoms with Crippen LogP contribution in [0.1, 0.15) is 18.3 Å². The molecule has 0 bridgehead atoms. The van der Waals surface area contributed by atoms with E-state index in [-0.39, 0.29) is 12.0 Å². The minimum absolute atomic E-state index is 0.148. The molecule has 0 saturated carbocycles. The molecule has 0 spiro atoms. The molecule has 9 rings (SSSR count). The Bertz CT molecular complexity index is 2520. The van der Waals surface area contributed by atoms with Gasteiger partial charge in [0.25, 0.3) is 0 Å². The SMILES string of the molecule is C/C=C(\C1=C(N)OC2C(c3cccc4oc5ccccc5c34)=CC=CC12)c1nc(-c2ccccc2)nc(-c2ccc3ccccc3c2)n1. The molecule has 0 radical (unpaired) electrons. The predicted octanol–water partition coefficient (Wildman–Crippen LogP) is 9.50. The number of nitrogens with two attached hydrogens (primary N) is 1. The van der Waals surface area contributed by atoms with Crippen LogP contribution in [0.15, 0.2) is 155 Å². The van der Waals surface area contributed by atoms with Crippen molar-refractivity contribution in [2.45, 2.75) is 13.0 Å². The number of rotatable bonds is 5. The first-order valence-corrected chi connectivity index (χ1v) is 16.1. The quantitative estimate of drug-likeness (QED) is 0.206. The molecule has 0 amide bonds. The lowest BCUT2D eigenvalue weighted by Crippen LogP contribution is -2.22. The first-order valence-electron chi connectivity index (χ1n) is 16.1. The van der Waals surface area contributed by atoms with Gasteiger partial charge in [-0.05, 0) is 41.5 Å². The fourth-order valence-corrected chi connectivity index (χ4v) is 7.06. The Balaban J connectivity index is 1.15. The topological polar surface area (TPSA) is 87.1 Å². The minimum Gasteiger partial charge on any atom is -0.470 e. The van der Waals surface area contributed by atoms with E-state index in [0.717, 1.165) is 66.1 Å². The number of fused-ring (bicyclic) bond motifs is 5. The van der Waals surface area contributed by atoms with E-state index in [4.69, 9.17) is 29.8 Å². The summed E-state index contributed by atoms with van der Waals surface area (Å²) in [6.45, 7) is 1.99. The molecule has 2 N–H and O–H groups in total. The third kappa shape index (κ3) is 4.53. The van der Waals surface area contributed by atoms with E-state index in [1.54, 1.807) is 0 Å². The molecule has 6 heteroatoms. The number of ether oxygens (including phenoxy) is 1. The van der Waals surface area contributed by atoms with Gasteiger partial charge in [0.1, 0.15) is 17.3 Å². The van der Waals surface area contributed by atoms with Crippen molar-refractivity contribution in [2.75, 3.05) is 0 Å². The highest BCUT2D eigenvalue weighted by molar-refractivity contribution is 6.10. The largest absolute Gasteiger partial charge is 0.470 e. The molecule has 1 aliphatic carbocycles. The summed E-state index contributed by atoms with van der Waals surface area (Å²) in [4.78, 5) is 15.1. The normalized spacial score (nSPS) is 17.6. The maximum Gasteiger partial charge on any atom is 0.189 e. The first kappa shape index (κ1) is 28.0. The van der Waals surface area contributed by atoms with E-state index < -0.39 is 0 Å². The molecule has 7 aromatic rings. The molecule has 2 atom stereocenters. The first-order chi connectivity index (χ1) is 23.7. The smallest absolute Gasteiger partial charge is 0.189 e. The summed E-state index contributed by atoms with van der Waals surface area (Å²) in [5, 5.41) is 4.42. The van der Waals surface area contributed by atoms with Crippen molar-refractivity contribution in [2.24, 2.45) is 11.7 Å². The van der Waals surface area contributed by atoms with Gasteiger partial charge in [0.05, 0.1) is 0 Å². The fourth-order valence-electron chi connectivity index (χ4n) is 7.06. The Kier molecular flexibility index (Phi) is 6.54. The molecule has 0 saturated heterocycles. The number of hydrogen-bond donors (Lipinski definition) is 1. The van der Waals surface area contributed by atoms with Gasteiger partial charge in [0.2, 0.25) is 0 Å². The van der Waals surface area contributed by atoms with Crippen molar-refractivity contribution in [1.82, 2.24) is 15.0 Å². The second-order valence-electron chi connectivity index (χ2n) is 12.1. The van der Waals surface area contributed by atoms with Gasteiger partial charge in [-0.15, -0.1) is 0 Å². The average molecular weight is 623 g/mol. The number of nitrogens with zero attached hydrogens (tertiary/aromatic N) is 3. The molecule has 6 nitrogen and oxygen atoms in total. The van der Waals surface area contributed by atoms with Crippen molar-refractivity contribution in [3.05, 3.63) is 162 Å². The minimum atomic E-state index is -0.324. The van der Waals surface area contributed by atoms with E-state index in [1.807, 2.05) is 85.8 Å². The van der Waals surface area contributed by atoms with Gasteiger partial charge in [-0.3, -0.25) is 0 Å². The Morgan fingerprint density at radius 2 is 1.48 bits per heavy atom. The lowest BCUT2D eigenvalue weighted by Gasteiger charge is -2.25. The van der Waals surface area contributed by atoms with E-state index in [9.17, 15) is 0 Å². The lowest BCUT2D eigenvalue weighted by atomic mass is 9.80. The van der Waals surface area contributed by atoms with E-state index in [2.05, 4.69) is 60.7 Å². The van der Waals surface area contributed by atoms with Gasteiger partial charge in [-0.25, -0.2) is 15.0 Å². The van der Waals surface area contributed by atoms with Gasteiger partial charge in [-0.2, -0.15) is 0 Å². The van der Waals surface area contributed by atoms with E-state index >= 15 is 0 Å². The van der Waals surface area contributed by atoms with Crippen LogP contribution in [0.25, 0.3) is 66.6 Å². The Hall–Kier alpha value is -6.27. The zero-order valence-electron chi connectivity index (χ0n) is 26.2. The summed E-state index contributed by atoms with van der Waals surface area (Å²) in [6, 6.07) is 38.9. The van der Waals surface area contributed by atoms with Crippen LogP contribution in [0.5, 0.6) is 0 Å². The van der Waals surface area contributed by atoms with Crippen molar-refractivity contribution in [3.63, 3.8) is 0 Å². The summed E-state index contributed by atoms with van der Waals surface area (Å²) in [7, 11) is 0. The van der Waals surface area contributed by atoms with Gasteiger partial charge in [-0.1, -0.05) is 121 Å². The zero-order chi connectivity index (χ0) is 32.2. The Morgan fingerprint density at radius 1 is 0.729 bits per heavy atom. The van der Waals surface area contributed by atoms with Crippen molar-refractivity contribution >= 4 is 43.9 Å². The van der Waals surface area contributed by atoms with Crippen LogP contribution >= 0.6 is 0 Å². The highest BCUT2D eigenvalue weighted by atomic mass is 16.5. The highest BCUT2D eigenvalue weighted by Gasteiger charge is 2.41. The molecule has 2 unspecified atom stereocenters. The molecule has 2 aliphatic rings. The number of para-hydroxylation sites is 1. The number of benzene rings is 5. The van der Waals surface area contributed by atoms with Gasteiger partial charge < -0.3 is 14.9 Å². The molecule has 48 heavy (non-hydrogen) atoms. The van der Waals surface area contributed by atoms with Crippen LogP contribution in [-0.2, 0) is 4.74 Å². The van der Waals surface area contributed by atoms with Crippen molar-refractivity contribution < 1.29 is 9.15 Å². The maximum atomic E-state index is 6.80. The molecule has 5 aromatic carbocycles. The standard InChI is InChI=1S/C42H30N4O2/c1-2-29(42-45-40(26-13-4-3-5-14-26)44-41(46-42)28-23-22-25-12-6-7-15-27(25)24-28)37-33-19-10-18-31(38(33)48-39(37)43)30-17-11-21-35-36(30)32-16-8-9-20-34(32)47-35/h2-24,33,38H,43H2,1H3/b29-2+. The average Bonchev–Trinajstić information content (AvgIpc) is 3.69. The summed E-state index contributed by atoms with van der Waals surface area (Å²) in [5.41, 5.74) is 14.1. The molecule has 3 heterocycles. The molecule has 0 fully saturated rings. The van der Waals surface area contributed by atoms with Crippen LogP contribution in [0.4, 0.5) is 0 Å². The number of aromatic nitrogens is 3. The van der Waals surface area contributed by atoms with Crippen LogP contribution < -0.4 is 5.73 Å². The summed E-state index contributed by atoms with van der Waals surface area (Å²) >= 11 is 0. The van der Waals surface area contributed by atoms with Gasteiger partial charge in [0, 0.05) is 44.5 Å². The molecular weight excluding hydrogens is 592 g/mol. The number of furan rings is 1. The Labute approximate surface area is 277 Å². The summed E-state index contributed by atoms with van der Waals surface area (Å²) in [6.07, 6.45) is 8.07. The summed E-state index contributed by atoms with van der Waals surface area (Å²) in [5.74, 6) is 1.96. The molecule has 230 valence electrons. The van der Waals surface area contributed by atoms with Gasteiger partial charge >= 0.3 is 0 Å². The monoisotopic (exact) mass is 622 g/mol. The second kappa shape index (κ2) is 11.2. The van der Waals surface area contributed by atoms with Crippen LogP contribution in [-0.4, -0.2) is 21.1 Å². The van der Waals surface area contributed by atoms with E-state index in [1.165, 1.54) is 0 Å². The molecule has 1 aliphatic heterocycles. The van der Waals surface area contributed by atoms with Crippen molar-refractivity contribution in [1.29, 1.82) is 0 Å². The zero-order valence-corrected chi connectivity index (χ0v) is 26.2. The third-order valence-corrected chi connectivity index (χ3v) is 9.29. The van der Waals surface area contributed by atoms with Crippen LogP contribution in [0.3, 0.4) is 0 Å². The number of allylic oxidation sites excluding steroid dienone is 4. The van der Waals surface area contributed by atoms with Crippen LogP contribution in [0.2, 0.25) is 0 Å². The van der Waals surface area contributed by atoms with Gasteiger partial charge in [0.15, 0.2) is 23.4 Å². The Morgan fingerprint density at radius 3 is 2.33 bits per heavy atom. The summed E-state index contributed by atoms with van der Waals surface area (Å²) < 4.78 is 12.8. The van der Waals surface area contributed by atoms with Crippen LogP contribution in [0, 0.1) is 5.92 Å². The van der Waals surface area contributed by atoms with E-state index in [0.29, 0.717) is 23.4 Å². The maximum absolute atomic E-state index is 6.80. The molecular formula is C42H30N4O2. The lowest BCUT2D eigenvalue weighted by molar-refractivity contribution is 0.170. The third-order valence-electron chi connectivity index (χ3n) is 9.29. The second-order valence-corrected chi connectivity index (χ2v) is 12.1. The highest BCUT2D eigenvalue weighted by Crippen LogP contribution is 2.47. The number of hydrogen-bond acceptors (Lipinski definition) is 6. The molecule has 2 aromatic heterocycles. The predicted molar refractivity (Wildman–Crippen MR) is 192 cm³/mol. The fraction of sp³-hybridized carbons (Fsp3) is 0.0714.